The highest BCUT2D eigenvalue weighted by molar-refractivity contribution is 9.08. The van der Waals surface area contributed by atoms with E-state index < -0.39 is 10.0 Å². The number of hydrogen-bond donors (Lipinski definition) is 1. The number of benzene rings is 1. The molecule has 4 nitrogen and oxygen atoms in total. The second kappa shape index (κ2) is 6.83. The number of rotatable bonds is 5. The molecule has 0 bridgehead atoms. The van der Waals surface area contributed by atoms with Crippen molar-refractivity contribution in [1.29, 1.82) is 0 Å². The van der Waals surface area contributed by atoms with Gasteiger partial charge in [-0.25, -0.2) is 13.1 Å². The molecule has 1 aromatic carbocycles. The molecule has 0 amide bonds. The topological polar surface area (TPSA) is 55.4 Å². The molecule has 1 fully saturated rings. The molecule has 0 aromatic heterocycles. The lowest BCUT2D eigenvalue weighted by atomic mass is 10.2. The molecule has 1 N–H and O–H groups in total. The fourth-order valence-corrected chi connectivity index (χ4v) is 3.82. The highest BCUT2D eigenvalue weighted by Crippen LogP contribution is 2.15. The largest absolute Gasteiger partial charge is 0.381 e. The summed E-state index contributed by atoms with van der Waals surface area (Å²) in [7, 11) is -3.24. The first-order valence-electron chi connectivity index (χ1n) is 6.32. The zero-order valence-electron chi connectivity index (χ0n) is 10.6. The van der Waals surface area contributed by atoms with Gasteiger partial charge in [-0.3, -0.25) is 0 Å². The molecule has 1 aliphatic rings. The predicted molar refractivity (Wildman–Crippen MR) is 78.7 cm³/mol. The Morgan fingerprint density at radius 2 is 1.74 bits per heavy atom. The lowest BCUT2D eigenvalue weighted by molar-refractivity contribution is 0.0981. The average Bonchev–Trinajstić information content (AvgIpc) is 2.47. The van der Waals surface area contributed by atoms with Crippen LogP contribution in [0.3, 0.4) is 0 Å². The minimum atomic E-state index is -3.24. The van der Waals surface area contributed by atoms with Crippen LogP contribution in [0.15, 0.2) is 24.3 Å². The van der Waals surface area contributed by atoms with Crippen molar-refractivity contribution >= 4 is 26.0 Å². The van der Waals surface area contributed by atoms with E-state index in [1.165, 1.54) is 5.56 Å². The number of ether oxygens (including phenoxy) is 1. The first kappa shape index (κ1) is 15.0. The first-order valence-corrected chi connectivity index (χ1v) is 8.98. The van der Waals surface area contributed by atoms with Crippen LogP contribution < -0.4 is 4.72 Å². The van der Waals surface area contributed by atoms with Crippen molar-refractivity contribution in [2.45, 2.75) is 30.0 Å². The second-order valence-electron chi connectivity index (χ2n) is 4.63. The molecule has 1 aliphatic heterocycles. The van der Waals surface area contributed by atoms with Gasteiger partial charge in [-0.2, -0.15) is 0 Å². The van der Waals surface area contributed by atoms with E-state index in [9.17, 15) is 8.42 Å². The van der Waals surface area contributed by atoms with Crippen molar-refractivity contribution in [2.75, 3.05) is 13.2 Å². The Morgan fingerprint density at radius 1 is 1.16 bits per heavy atom. The van der Waals surface area contributed by atoms with Gasteiger partial charge in [0.25, 0.3) is 0 Å². The van der Waals surface area contributed by atoms with E-state index in [1.807, 2.05) is 24.3 Å². The van der Waals surface area contributed by atoms with Gasteiger partial charge in [-0.1, -0.05) is 40.2 Å². The number of hydrogen-bond acceptors (Lipinski definition) is 3. The Hall–Kier alpha value is -0.430. The average molecular weight is 348 g/mol. The fraction of sp³-hybridized carbons (Fsp3) is 0.538. The molecule has 106 valence electrons. The molecule has 0 atom stereocenters. The van der Waals surface area contributed by atoms with Crippen LogP contribution in [0.5, 0.6) is 0 Å². The lowest BCUT2D eigenvalue weighted by Crippen LogP contribution is -2.37. The molecule has 0 radical (unpaired) electrons. The van der Waals surface area contributed by atoms with Crippen LogP contribution in [-0.2, 0) is 26.6 Å². The van der Waals surface area contributed by atoms with E-state index >= 15 is 0 Å². The third kappa shape index (κ3) is 4.27. The Morgan fingerprint density at radius 3 is 2.32 bits per heavy atom. The van der Waals surface area contributed by atoms with Crippen molar-refractivity contribution in [3.63, 3.8) is 0 Å². The zero-order valence-corrected chi connectivity index (χ0v) is 13.0. The zero-order chi connectivity index (χ0) is 13.7. The number of nitrogens with one attached hydrogen (secondary N) is 1. The molecule has 19 heavy (non-hydrogen) atoms. The van der Waals surface area contributed by atoms with Crippen molar-refractivity contribution in [3.8, 4) is 0 Å². The van der Waals surface area contributed by atoms with Crippen LogP contribution in [0.4, 0.5) is 0 Å². The van der Waals surface area contributed by atoms with Gasteiger partial charge in [0.05, 0.1) is 5.25 Å². The van der Waals surface area contributed by atoms with Gasteiger partial charge in [-0.15, -0.1) is 0 Å². The third-order valence-corrected chi connectivity index (χ3v) is 5.81. The summed E-state index contributed by atoms with van der Waals surface area (Å²) < 4.78 is 32.1. The van der Waals surface area contributed by atoms with Gasteiger partial charge in [0, 0.05) is 25.1 Å². The summed E-state index contributed by atoms with van der Waals surface area (Å²) in [5.74, 6) is 0. The third-order valence-electron chi connectivity index (χ3n) is 3.26. The predicted octanol–water partition coefficient (Wildman–Crippen LogP) is 2.18. The van der Waals surface area contributed by atoms with Crippen LogP contribution in [-0.4, -0.2) is 26.9 Å². The molecule has 2 rings (SSSR count). The summed E-state index contributed by atoms with van der Waals surface area (Å²) in [6.07, 6.45) is 1.16. The molecule has 1 heterocycles. The maximum Gasteiger partial charge on any atom is 0.214 e. The van der Waals surface area contributed by atoms with E-state index in [0.717, 1.165) is 10.9 Å². The van der Waals surface area contributed by atoms with E-state index in [1.54, 1.807) is 0 Å². The van der Waals surface area contributed by atoms with Crippen molar-refractivity contribution < 1.29 is 13.2 Å². The van der Waals surface area contributed by atoms with Crippen LogP contribution in [0.25, 0.3) is 0 Å². The summed E-state index contributed by atoms with van der Waals surface area (Å²) in [6.45, 7) is 1.42. The Balaban J connectivity index is 1.92. The highest BCUT2D eigenvalue weighted by Gasteiger charge is 2.27. The lowest BCUT2D eigenvalue weighted by Gasteiger charge is -2.22. The number of halogens is 1. The molecule has 0 saturated carbocycles. The van der Waals surface area contributed by atoms with E-state index in [4.69, 9.17) is 4.74 Å². The number of alkyl halides is 1. The molecule has 6 heteroatoms. The van der Waals surface area contributed by atoms with Gasteiger partial charge >= 0.3 is 0 Å². The SMILES string of the molecule is O=S(=O)(NCc1ccc(CBr)cc1)C1CCOCC1. The fourth-order valence-electron chi connectivity index (χ4n) is 2.03. The molecule has 1 saturated heterocycles. The van der Waals surface area contributed by atoms with Gasteiger partial charge in [-0.05, 0) is 24.0 Å². The van der Waals surface area contributed by atoms with Crippen molar-refractivity contribution in [1.82, 2.24) is 4.72 Å². The number of sulfonamides is 1. The summed E-state index contributed by atoms with van der Waals surface area (Å²) in [6, 6.07) is 7.88. The Kier molecular flexibility index (Phi) is 5.38. The maximum absolute atomic E-state index is 12.1. The van der Waals surface area contributed by atoms with Crippen LogP contribution in [0.1, 0.15) is 24.0 Å². The molecular formula is C13H18BrNO3S. The summed E-state index contributed by atoms with van der Waals surface area (Å²) in [5, 5.41) is 0.490. The van der Waals surface area contributed by atoms with Crippen LogP contribution in [0, 0.1) is 0 Å². The normalized spacial score (nSPS) is 17.5. The van der Waals surface area contributed by atoms with Crippen LogP contribution in [0.2, 0.25) is 0 Å². The highest BCUT2D eigenvalue weighted by atomic mass is 79.9. The Labute approximate surface area is 122 Å². The first-order chi connectivity index (χ1) is 9.12. The van der Waals surface area contributed by atoms with Crippen molar-refractivity contribution in [3.05, 3.63) is 35.4 Å². The van der Waals surface area contributed by atoms with E-state index in [2.05, 4.69) is 20.7 Å². The van der Waals surface area contributed by atoms with Gasteiger partial charge < -0.3 is 4.74 Å². The van der Waals surface area contributed by atoms with Crippen molar-refractivity contribution in [2.24, 2.45) is 0 Å². The van der Waals surface area contributed by atoms with E-state index in [-0.39, 0.29) is 5.25 Å². The summed E-state index contributed by atoms with van der Waals surface area (Å²) in [5.41, 5.74) is 2.15. The molecule has 1 aromatic rings. The molecule has 0 aliphatic carbocycles. The van der Waals surface area contributed by atoms with Gasteiger partial charge in [0.1, 0.15) is 0 Å². The molecular weight excluding hydrogens is 330 g/mol. The monoisotopic (exact) mass is 347 g/mol. The summed E-state index contributed by atoms with van der Waals surface area (Å²) in [4.78, 5) is 0. The molecule has 0 spiro atoms. The standard InChI is InChI=1S/C13H18BrNO3S/c14-9-11-1-3-12(4-2-11)10-15-19(16,17)13-5-7-18-8-6-13/h1-4,13,15H,5-10H2. The van der Waals surface area contributed by atoms with Crippen LogP contribution >= 0.6 is 15.9 Å². The van der Waals surface area contributed by atoms with Gasteiger partial charge in [0.15, 0.2) is 0 Å². The van der Waals surface area contributed by atoms with Gasteiger partial charge in [0.2, 0.25) is 10.0 Å². The second-order valence-corrected chi connectivity index (χ2v) is 7.23. The molecule has 0 unspecified atom stereocenters. The minimum absolute atomic E-state index is 0.317. The summed E-state index contributed by atoms with van der Waals surface area (Å²) >= 11 is 3.38. The Bertz CT molecular complexity index is 495. The smallest absolute Gasteiger partial charge is 0.214 e. The maximum atomic E-state index is 12.1. The minimum Gasteiger partial charge on any atom is -0.381 e. The quantitative estimate of drug-likeness (QED) is 0.830. The van der Waals surface area contributed by atoms with E-state index in [0.29, 0.717) is 32.6 Å².